The third kappa shape index (κ3) is 3.80. The van der Waals surface area contributed by atoms with E-state index in [1.165, 1.54) is 0 Å². The monoisotopic (exact) mass is 491 g/mol. The fourth-order valence-electron chi connectivity index (χ4n) is 3.70. The van der Waals surface area contributed by atoms with Crippen LogP contribution in [-0.2, 0) is 29.6 Å². The highest BCUT2D eigenvalue weighted by Gasteiger charge is 2.76. The van der Waals surface area contributed by atoms with Crippen LogP contribution in [0.1, 0.15) is 0 Å². The SMILES string of the molecule is N=C1N(O)[C@@H](COC(=O)NS(=O)(=O)O)[C@@H]2N=C(N)N[C@]23N1C[C@H](OS(=O)(=O)O)C3(O)O. The molecule has 3 aliphatic heterocycles. The van der Waals surface area contributed by atoms with Crippen molar-refractivity contribution in [2.75, 3.05) is 13.2 Å². The summed E-state index contributed by atoms with van der Waals surface area (Å²) in [6.07, 6.45) is -3.78. The molecule has 0 bridgehead atoms. The second-order valence-corrected chi connectivity index (χ2v) is 8.81. The number of nitrogens with two attached hydrogens (primary N) is 1. The van der Waals surface area contributed by atoms with Crippen molar-refractivity contribution in [3.05, 3.63) is 0 Å². The van der Waals surface area contributed by atoms with Crippen LogP contribution in [0.2, 0.25) is 0 Å². The van der Waals surface area contributed by atoms with Gasteiger partial charge in [0, 0.05) is 0 Å². The third-order valence-corrected chi connectivity index (χ3v) is 5.70. The minimum Gasteiger partial charge on any atom is -0.446 e. The maximum absolute atomic E-state index is 11.5. The number of guanidine groups is 2. The van der Waals surface area contributed by atoms with Crippen molar-refractivity contribution in [1.82, 2.24) is 20.0 Å². The topological polar surface area (TPSA) is 298 Å². The van der Waals surface area contributed by atoms with E-state index in [0.29, 0.717) is 0 Å². The standard InChI is InChI=1S/C10H17N7O12S2/c11-6-13-5-3(2-28-8(18)15-30(22,23)24)17(21)7(12)16-1-4(29-31(25,26)27)10(19,20)9(5,16)14-6/h3-5,12,19-21H,1-2H2,(H,15,18)(H3,11,13,14)(H,22,23,24)(H,25,26,27)/t3-,4-,5-,9-/m0/s1. The highest BCUT2D eigenvalue weighted by molar-refractivity contribution is 7.84. The molecule has 19 nitrogen and oxygen atoms in total. The molecule has 3 rings (SSSR count). The molecule has 1 amide bonds. The quantitative estimate of drug-likeness (QED) is 0.128. The molecular weight excluding hydrogens is 474 g/mol. The van der Waals surface area contributed by atoms with Crippen molar-refractivity contribution in [3.63, 3.8) is 0 Å². The summed E-state index contributed by atoms with van der Waals surface area (Å²) in [6.45, 7) is -1.70. The average molecular weight is 491 g/mol. The van der Waals surface area contributed by atoms with Crippen LogP contribution >= 0.6 is 0 Å². The zero-order valence-electron chi connectivity index (χ0n) is 15.0. The van der Waals surface area contributed by atoms with E-state index in [-0.39, 0.29) is 5.06 Å². The summed E-state index contributed by atoms with van der Waals surface area (Å²) in [7, 11) is -10.2. The van der Waals surface area contributed by atoms with Crippen molar-refractivity contribution in [2.24, 2.45) is 10.7 Å². The second-order valence-electron chi connectivity index (χ2n) is 6.61. The first kappa shape index (κ1) is 23.1. The van der Waals surface area contributed by atoms with Gasteiger partial charge in [0.2, 0.25) is 11.7 Å². The molecule has 2 saturated heterocycles. The summed E-state index contributed by atoms with van der Waals surface area (Å²) < 4.78 is 71.0. The number of rotatable bonds is 5. The van der Waals surface area contributed by atoms with Gasteiger partial charge in [-0.2, -0.15) is 21.6 Å². The molecule has 3 aliphatic rings. The third-order valence-electron chi connectivity index (χ3n) is 4.80. The minimum absolute atomic E-state index is 0.166. The Labute approximate surface area is 173 Å². The normalized spacial score (nSPS) is 32.1. The van der Waals surface area contributed by atoms with E-state index < -0.39 is 81.5 Å². The van der Waals surface area contributed by atoms with Gasteiger partial charge in [0.05, 0.1) is 6.54 Å². The molecule has 3 heterocycles. The van der Waals surface area contributed by atoms with E-state index in [2.05, 4.69) is 19.2 Å². The number of carbonyl (C=O) groups is 1. The fourth-order valence-corrected chi connectivity index (χ4v) is 4.46. The van der Waals surface area contributed by atoms with E-state index in [0.717, 1.165) is 9.62 Å². The van der Waals surface area contributed by atoms with Crippen LogP contribution in [0.15, 0.2) is 4.99 Å². The smallest absolute Gasteiger partial charge is 0.422 e. The largest absolute Gasteiger partial charge is 0.446 e. The molecule has 2 fully saturated rings. The van der Waals surface area contributed by atoms with Gasteiger partial charge in [-0.05, 0) is 0 Å². The minimum atomic E-state index is -5.20. The zero-order chi connectivity index (χ0) is 23.6. The van der Waals surface area contributed by atoms with Gasteiger partial charge in [-0.1, -0.05) is 0 Å². The van der Waals surface area contributed by atoms with Crippen molar-refractivity contribution >= 4 is 38.7 Å². The van der Waals surface area contributed by atoms with Gasteiger partial charge in [-0.3, -0.25) is 19.7 Å². The number of aliphatic hydroxyl groups is 2. The molecule has 0 aliphatic carbocycles. The predicted molar refractivity (Wildman–Crippen MR) is 92.7 cm³/mol. The lowest BCUT2D eigenvalue weighted by Gasteiger charge is -2.52. The molecule has 176 valence electrons. The molecule has 0 aromatic carbocycles. The molecule has 0 saturated carbocycles. The Kier molecular flexibility index (Phi) is 5.22. The molecular formula is C10H17N7O12S2. The van der Waals surface area contributed by atoms with Crippen LogP contribution in [0, 0.1) is 5.41 Å². The van der Waals surface area contributed by atoms with E-state index in [1.54, 1.807) is 0 Å². The molecule has 10 N–H and O–H groups in total. The van der Waals surface area contributed by atoms with Crippen molar-refractivity contribution in [2.45, 2.75) is 29.6 Å². The van der Waals surface area contributed by atoms with Gasteiger partial charge in [0.25, 0.3) is 0 Å². The molecule has 1 spiro atoms. The van der Waals surface area contributed by atoms with E-state index in [9.17, 15) is 37.1 Å². The van der Waals surface area contributed by atoms with Gasteiger partial charge < -0.3 is 30.9 Å². The number of hydrogen-bond acceptors (Lipinski definition) is 14. The van der Waals surface area contributed by atoms with Gasteiger partial charge in [-0.15, -0.1) is 0 Å². The van der Waals surface area contributed by atoms with Crippen LogP contribution in [0.4, 0.5) is 4.79 Å². The number of nitrogens with one attached hydrogen (secondary N) is 3. The van der Waals surface area contributed by atoms with E-state index >= 15 is 0 Å². The molecule has 0 aromatic heterocycles. The van der Waals surface area contributed by atoms with Crippen LogP contribution < -0.4 is 15.8 Å². The number of amides is 1. The zero-order valence-corrected chi connectivity index (χ0v) is 16.6. The highest BCUT2D eigenvalue weighted by atomic mass is 32.3. The van der Waals surface area contributed by atoms with Crippen molar-refractivity contribution < 1.29 is 55.1 Å². The number of aliphatic imine (C=N–C) groups is 1. The molecule has 0 unspecified atom stereocenters. The summed E-state index contributed by atoms with van der Waals surface area (Å²) in [4.78, 5) is 16.1. The van der Waals surface area contributed by atoms with Gasteiger partial charge in [0.1, 0.15) is 18.7 Å². The maximum Gasteiger partial charge on any atom is 0.422 e. The molecule has 0 radical (unpaired) electrons. The number of hydroxylamine groups is 2. The Morgan fingerprint density at radius 3 is 2.52 bits per heavy atom. The number of ether oxygens (including phenoxy) is 1. The van der Waals surface area contributed by atoms with Crippen LogP contribution in [-0.4, -0.2) is 112 Å². The van der Waals surface area contributed by atoms with Gasteiger partial charge in [0.15, 0.2) is 17.7 Å². The van der Waals surface area contributed by atoms with E-state index in [1.807, 2.05) is 0 Å². The summed E-state index contributed by atoms with van der Waals surface area (Å²) in [5.41, 5.74) is 3.27. The van der Waals surface area contributed by atoms with Crippen molar-refractivity contribution in [1.29, 1.82) is 5.41 Å². The first-order valence-corrected chi connectivity index (χ1v) is 10.8. The Bertz CT molecular complexity index is 1040. The summed E-state index contributed by atoms with van der Waals surface area (Å²) >= 11 is 0. The number of nitrogens with zero attached hydrogens (tertiary/aromatic N) is 3. The fraction of sp³-hybridized carbons (Fsp3) is 0.700. The number of carbonyl (C=O) groups excluding carboxylic acids is 1. The van der Waals surface area contributed by atoms with Crippen LogP contribution in [0.25, 0.3) is 0 Å². The van der Waals surface area contributed by atoms with Crippen molar-refractivity contribution in [3.8, 4) is 0 Å². The second kappa shape index (κ2) is 6.99. The summed E-state index contributed by atoms with van der Waals surface area (Å²) in [5, 5.41) is 42.4. The first-order chi connectivity index (χ1) is 14.0. The van der Waals surface area contributed by atoms with Gasteiger partial charge >= 0.3 is 26.8 Å². The first-order valence-electron chi connectivity index (χ1n) is 7.98. The summed E-state index contributed by atoms with van der Waals surface area (Å²) in [6, 6.07) is -3.19. The summed E-state index contributed by atoms with van der Waals surface area (Å²) in [5.74, 6) is -4.56. The lowest BCUT2D eigenvalue weighted by Crippen LogP contribution is -2.80. The Hall–Kier alpha value is -2.53. The van der Waals surface area contributed by atoms with E-state index in [4.69, 9.17) is 20.2 Å². The Morgan fingerprint density at radius 2 is 1.97 bits per heavy atom. The molecule has 4 atom stereocenters. The molecule has 31 heavy (non-hydrogen) atoms. The Balaban J connectivity index is 1.96. The lowest BCUT2D eigenvalue weighted by atomic mass is 9.85. The highest BCUT2D eigenvalue weighted by Crippen LogP contribution is 2.47. The lowest BCUT2D eigenvalue weighted by molar-refractivity contribution is -0.265. The van der Waals surface area contributed by atoms with Crippen LogP contribution in [0.3, 0.4) is 0 Å². The maximum atomic E-state index is 11.5. The number of hydrogen-bond donors (Lipinski definition) is 9. The van der Waals surface area contributed by atoms with Gasteiger partial charge in [-0.25, -0.2) is 19.0 Å². The molecule has 0 aromatic rings. The molecule has 21 heteroatoms. The predicted octanol–water partition coefficient (Wildman–Crippen LogP) is -5.31. The average Bonchev–Trinajstić information content (AvgIpc) is 3.02. The Morgan fingerprint density at radius 1 is 1.35 bits per heavy atom. The van der Waals surface area contributed by atoms with Crippen LogP contribution in [0.5, 0.6) is 0 Å².